The number of rotatable bonds is 8. The SMILES string of the molecule is CC(C)CCOCCC(CO)CO. The summed E-state index contributed by atoms with van der Waals surface area (Å²) in [7, 11) is 0. The van der Waals surface area contributed by atoms with Crippen molar-refractivity contribution in [2.45, 2.75) is 26.7 Å². The Morgan fingerprint density at radius 3 is 2.00 bits per heavy atom. The predicted molar refractivity (Wildman–Crippen MR) is 52.6 cm³/mol. The highest BCUT2D eigenvalue weighted by molar-refractivity contribution is 4.54. The van der Waals surface area contributed by atoms with E-state index in [-0.39, 0.29) is 19.1 Å². The Morgan fingerprint density at radius 1 is 1.00 bits per heavy atom. The average Bonchev–Trinajstić information content (AvgIpc) is 2.11. The van der Waals surface area contributed by atoms with Crippen molar-refractivity contribution in [2.75, 3.05) is 26.4 Å². The van der Waals surface area contributed by atoms with E-state index >= 15 is 0 Å². The van der Waals surface area contributed by atoms with E-state index in [9.17, 15) is 0 Å². The van der Waals surface area contributed by atoms with Crippen LogP contribution in [0.3, 0.4) is 0 Å². The van der Waals surface area contributed by atoms with Crippen LogP contribution >= 0.6 is 0 Å². The molecule has 0 atom stereocenters. The van der Waals surface area contributed by atoms with E-state index in [1.165, 1.54) is 0 Å². The number of aliphatic hydroxyl groups excluding tert-OH is 2. The highest BCUT2D eigenvalue weighted by Gasteiger charge is 2.04. The second-order valence-electron chi connectivity index (χ2n) is 3.81. The normalized spacial score (nSPS) is 11.5. The van der Waals surface area contributed by atoms with Gasteiger partial charge in [0.15, 0.2) is 0 Å². The first kappa shape index (κ1) is 12.9. The fourth-order valence-electron chi connectivity index (χ4n) is 0.911. The zero-order chi connectivity index (χ0) is 10.1. The lowest BCUT2D eigenvalue weighted by molar-refractivity contribution is 0.0791. The van der Waals surface area contributed by atoms with E-state index in [2.05, 4.69) is 13.8 Å². The van der Waals surface area contributed by atoms with Crippen LogP contribution < -0.4 is 0 Å². The summed E-state index contributed by atoms with van der Waals surface area (Å²) in [6, 6.07) is 0. The van der Waals surface area contributed by atoms with Crippen LogP contribution in [0.2, 0.25) is 0 Å². The van der Waals surface area contributed by atoms with Crippen molar-refractivity contribution in [1.29, 1.82) is 0 Å². The zero-order valence-electron chi connectivity index (χ0n) is 8.70. The lowest BCUT2D eigenvalue weighted by atomic mass is 10.1. The summed E-state index contributed by atoms with van der Waals surface area (Å²) in [6.45, 7) is 5.83. The first-order chi connectivity index (χ1) is 6.20. The van der Waals surface area contributed by atoms with Gasteiger partial charge in [-0.25, -0.2) is 0 Å². The number of hydrogen-bond donors (Lipinski definition) is 2. The van der Waals surface area contributed by atoms with Crippen molar-refractivity contribution < 1.29 is 14.9 Å². The van der Waals surface area contributed by atoms with Crippen LogP contribution in [-0.2, 0) is 4.74 Å². The van der Waals surface area contributed by atoms with E-state index in [1.54, 1.807) is 0 Å². The molecule has 0 radical (unpaired) electrons. The van der Waals surface area contributed by atoms with Crippen LogP contribution in [0, 0.1) is 11.8 Å². The smallest absolute Gasteiger partial charge is 0.0482 e. The maximum absolute atomic E-state index is 8.76. The maximum atomic E-state index is 8.76. The number of hydrogen-bond acceptors (Lipinski definition) is 3. The van der Waals surface area contributed by atoms with Gasteiger partial charge in [0.2, 0.25) is 0 Å². The summed E-state index contributed by atoms with van der Waals surface area (Å²) < 4.78 is 5.36. The molecule has 0 aromatic heterocycles. The second kappa shape index (κ2) is 8.48. The molecule has 0 aromatic carbocycles. The third-order valence-corrected chi connectivity index (χ3v) is 2.03. The highest BCUT2D eigenvalue weighted by atomic mass is 16.5. The summed E-state index contributed by atoms with van der Waals surface area (Å²) in [5.41, 5.74) is 0. The molecule has 80 valence electrons. The first-order valence-electron chi connectivity index (χ1n) is 5.00. The molecule has 0 saturated heterocycles. The summed E-state index contributed by atoms with van der Waals surface area (Å²) in [5.74, 6) is 0.658. The van der Waals surface area contributed by atoms with Crippen molar-refractivity contribution >= 4 is 0 Å². The van der Waals surface area contributed by atoms with Gasteiger partial charge in [-0.1, -0.05) is 13.8 Å². The summed E-state index contributed by atoms with van der Waals surface area (Å²) in [5, 5.41) is 17.5. The van der Waals surface area contributed by atoms with Crippen molar-refractivity contribution in [1.82, 2.24) is 0 Å². The molecule has 0 unspecified atom stereocenters. The number of aliphatic hydroxyl groups is 2. The molecule has 0 aromatic rings. The van der Waals surface area contributed by atoms with E-state index in [0.29, 0.717) is 12.5 Å². The molecule has 3 nitrogen and oxygen atoms in total. The van der Waals surface area contributed by atoms with Crippen LogP contribution in [0.1, 0.15) is 26.7 Å². The lowest BCUT2D eigenvalue weighted by Crippen LogP contribution is -2.14. The first-order valence-corrected chi connectivity index (χ1v) is 5.00. The monoisotopic (exact) mass is 190 g/mol. The Morgan fingerprint density at radius 2 is 1.54 bits per heavy atom. The fraction of sp³-hybridized carbons (Fsp3) is 1.00. The van der Waals surface area contributed by atoms with Crippen molar-refractivity contribution in [3.63, 3.8) is 0 Å². The van der Waals surface area contributed by atoms with E-state index in [1.807, 2.05) is 0 Å². The van der Waals surface area contributed by atoms with Gasteiger partial charge < -0.3 is 14.9 Å². The largest absolute Gasteiger partial charge is 0.396 e. The molecule has 0 heterocycles. The number of ether oxygens (including phenoxy) is 1. The van der Waals surface area contributed by atoms with Gasteiger partial charge in [-0.15, -0.1) is 0 Å². The molecule has 0 amide bonds. The zero-order valence-corrected chi connectivity index (χ0v) is 8.70. The second-order valence-corrected chi connectivity index (χ2v) is 3.81. The fourth-order valence-corrected chi connectivity index (χ4v) is 0.911. The minimum atomic E-state index is -0.0148. The molecule has 2 N–H and O–H groups in total. The van der Waals surface area contributed by atoms with Crippen LogP contribution in [0.4, 0.5) is 0 Å². The Hall–Kier alpha value is -0.120. The van der Waals surface area contributed by atoms with Gasteiger partial charge in [0, 0.05) is 32.3 Å². The molecule has 3 heteroatoms. The minimum Gasteiger partial charge on any atom is -0.396 e. The Kier molecular flexibility index (Phi) is 8.40. The van der Waals surface area contributed by atoms with E-state index in [4.69, 9.17) is 14.9 Å². The molecule has 0 aliphatic rings. The summed E-state index contributed by atoms with van der Waals surface area (Å²) in [6.07, 6.45) is 1.81. The molecule has 0 aliphatic carbocycles. The Balaban J connectivity index is 3.14. The highest BCUT2D eigenvalue weighted by Crippen LogP contribution is 2.03. The summed E-state index contributed by atoms with van der Waals surface area (Å²) >= 11 is 0. The van der Waals surface area contributed by atoms with Gasteiger partial charge in [-0.05, 0) is 18.8 Å². The van der Waals surface area contributed by atoms with Gasteiger partial charge in [0.25, 0.3) is 0 Å². The van der Waals surface area contributed by atoms with Crippen molar-refractivity contribution in [3.8, 4) is 0 Å². The quantitative estimate of drug-likeness (QED) is 0.562. The van der Waals surface area contributed by atoms with Gasteiger partial charge in [-0.2, -0.15) is 0 Å². The Labute approximate surface area is 80.7 Å². The molecule has 0 spiro atoms. The molecule has 0 saturated carbocycles. The van der Waals surface area contributed by atoms with Gasteiger partial charge >= 0.3 is 0 Å². The van der Waals surface area contributed by atoms with Crippen LogP contribution in [0.15, 0.2) is 0 Å². The van der Waals surface area contributed by atoms with Crippen LogP contribution in [-0.4, -0.2) is 36.6 Å². The van der Waals surface area contributed by atoms with Crippen LogP contribution in [0.5, 0.6) is 0 Å². The molecule has 0 fully saturated rings. The molecule has 0 rings (SSSR count). The molecule has 13 heavy (non-hydrogen) atoms. The van der Waals surface area contributed by atoms with Gasteiger partial charge in [0.05, 0.1) is 0 Å². The van der Waals surface area contributed by atoms with Crippen molar-refractivity contribution in [2.24, 2.45) is 11.8 Å². The van der Waals surface area contributed by atoms with Crippen molar-refractivity contribution in [3.05, 3.63) is 0 Å². The summed E-state index contributed by atoms with van der Waals surface area (Å²) in [4.78, 5) is 0. The minimum absolute atomic E-state index is 0.0148. The lowest BCUT2D eigenvalue weighted by Gasteiger charge is -2.11. The van der Waals surface area contributed by atoms with E-state index in [0.717, 1.165) is 19.4 Å². The third-order valence-electron chi connectivity index (χ3n) is 2.03. The van der Waals surface area contributed by atoms with E-state index < -0.39 is 0 Å². The Bertz CT molecular complexity index is 100. The van der Waals surface area contributed by atoms with Crippen LogP contribution in [0.25, 0.3) is 0 Å². The standard InChI is InChI=1S/C10H22O3/c1-9(2)3-5-13-6-4-10(7-11)8-12/h9-12H,3-8H2,1-2H3. The van der Waals surface area contributed by atoms with Gasteiger partial charge in [0.1, 0.15) is 0 Å². The molecule has 0 aliphatic heterocycles. The molecule has 0 bridgehead atoms. The van der Waals surface area contributed by atoms with Gasteiger partial charge in [-0.3, -0.25) is 0 Å². The predicted octanol–water partition coefficient (Wildman–Crippen LogP) is 1.04. The third kappa shape index (κ3) is 8.22. The topological polar surface area (TPSA) is 49.7 Å². The average molecular weight is 190 g/mol. The maximum Gasteiger partial charge on any atom is 0.0482 e. The molecular weight excluding hydrogens is 168 g/mol. The molecular formula is C10H22O3.